The maximum atomic E-state index is 12.4. The van der Waals surface area contributed by atoms with Crippen molar-refractivity contribution in [1.82, 2.24) is 4.98 Å². The van der Waals surface area contributed by atoms with Crippen LogP contribution in [0, 0.1) is 24.0 Å². The number of rotatable bonds is 5. The predicted octanol–water partition coefficient (Wildman–Crippen LogP) is 4.60. The molecule has 0 atom stereocenters. The van der Waals surface area contributed by atoms with Crippen LogP contribution in [0.15, 0.2) is 41.8 Å². The molecule has 138 valence electrons. The highest BCUT2D eigenvalue weighted by molar-refractivity contribution is 7.14. The Morgan fingerprint density at radius 3 is 2.67 bits per heavy atom. The molecule has 0 aliphatic heterocycles. The van der Waals surface area contributed by atoms with Crippen LogP contribution in [0.3, 0.4) is 0 Å². The summed E-state index contributed by atoms with van der Waals surface area (Å²) in [5.74, 6) is -0.370. The molecule has 1 heterocycles. The zero-order valence-electron chi connectivity index (χ0n) is 15.0. The van der Waals surface area contributed by atoms with E-state index in [1.807, 2.05) is 31.4 Å². The van der Waals surface area contributed by atoms with E-state index in [1.54, 1.807) is 0 Å². The number of anilines is 1. The number of ether oxygens (including phenoxy) is 1. The number of methoxy groups -OCH3 is 1. The number of nitro groups is 1. The Labute approximate surface area is 159 Å². The van der Waals surface area contributed by atoms with Gasteiger partial charge in [-0.1, -0.05) is 23.8 Å². The first-order valence-electron chi connectivity index (χ1n) is 8.06. The molecule has 0 radical (unpaired) electrons. The molecule has 8 heteroatoms. The van der Waals surface area contributed by atoms with Crippen LogP contribution in [0.25, 0.3) is 11.3 Å². The summed E-state index contributed by atoms with van der Waals surface area (Å²) < 4.78 is 4.95. The molecule has 0 aliphatic rings. The van der Waals surface area contributed by atoms with Gasteiger partial charge in [0.1, 0.15) is 0 Å². The van der Waals surface area contributed by atoms with E-state index in [9.17, 15) is 14.9 Å². The SMILES string of the molecule is COc1ccc(C(=O)Nc2nc(-c3ccc(C)cc3C)cs2)cc1[N+](=O)[O-]. The van der Waals surface area contributed by atoms with Crippen molar-refractivity contribution >= 4 is 28.1 Å². The van der Waals surface area contributed by atoms with Crippen molar-refractivity contribution in [1.29, 1.82) is 0 Å². The number of thiazole rings is 1. The van der Waals surface area contributed by atoms with E-state index < -0.39 is 10.8 Å². The lowest BCUT2D eigenvalue weighted by atomic mass is 10.0. The molecule has 0 spiro atoms. The Bertz CT molecular complexity index is 1030. The van der Waals surface area contributed by atoms with Gasteiger partial charge in [0.2, 0.25) is 0 Å². The van der Waals surface area contributed by atoms with Crippen molar-refractivity contribution in [3.8, 4) is 17.0 Å². The van der Waals surface area contributed by atoms with E-state index in [0.29, 0.717) is 5.13 Å². The molecule has 1 aromatic heterocycles. The van der Waals surface area contributed by atoms with Gasteiger partial charge in [0.15, 0.2) is 10.9 Å². The Kier molecular flexibility index (Phi) is 5.18. The molecule has 2 aromatic carbocycles. The average molecular weight is 383 g/mol. The Hall–Kier alpha value is -3.26. The molecular formula is C19H17N3O4S. The summed E-state index contributed by atoms with van der Waals surface area (Å²) in [5.41, 5.74) is 3.93. The van der Waals surface area contributed by atoms with Crippen molar-refractivity contribution in [3.63, 3.8) is 0 Å². The number of nitrogens with one attached hydrogen (secondary N) is 1. The number of benzene rings is 2. The van der Waals surface area contributed by atoms with E-state index in [1.165, 1.54) is 42.2 Å². The van der Waals surface area contributed by atoms with E-state index in [2.05, 4.69) is 16.4 Å². The molecule has 0 unspecified atom stereocenters. The molecule has 1 amide bonds. The Morgan fingerprint density at radius 2 is 2.00 bits per heavy atom. The van der Waals surface area contributed by atoms with Crippen LogP contribution in [0.4, 0.5) is 10.8 Å². The number of aryl methyl sites for hydroxylation is 2. The minimum absolute atomic E-state index is 0.0999. The zero-order valence-corrected chi connectivity index (χ0v) is 15.8. The second-order valence-corrected chi connectivity index (χ2v) is 6.81. The molecule has 7 nitrogen and oxygen atoms in total. The summed E-state index contributed by atoms with van der Waals surface area (Å²) in [4.78, 5) is 27.4. The highest BCUT2D eigenvalue weighted by Crippen LogP contribution is 2.30. The van der Waals surface area contributed by atoms with E-state index in [0.717, 1.165) is 16.8 Å². The number of carbonyl (C=O) groups is 1. The van der Waals surface area contributed by atoms with Gasteiger partial charge in [-0.2, -0.15) is 0 Å². The average Bonchev–Trinajstić information content (AvgIpc) is 3.09. The summed E-state index contributed by atoms with van der Waals surface area (Å²) in [6.45, 7) is 4.04. The van der Waals surface area contributed by atoms with Crippen LogP contribution in [0.2, 0.25) is 0 Å². The lowest BCUT2D eigenvalue weighted by Gasteiger charge is -2.05. The number of aromatic nitrogens is 1. The first-order chi connectivity index (χ1) is 12.9. The standard InChI is InChI=1S/C19H17N3O4S/c1-11-4-6-14(12(2)8-11)15-10-27-19(20-15)21-18(23)13-5-7-17(26-3)16(9-13)22(24)25/h4-10H,1-3H3,(H,20,21,23). The van der Waals surface area contributed by atoms with E-state index in [4.69, 9.17) is 4.74 Å². The molecular weight excluding hydrogens is 366 g/mol. The second-order valence-electron chi connectivity index (χ2n) is 5.95. The largest absolute Gasteiger partial charge is 0.490 e. The number of hydrogen-bond acceptors (Lipinski definition) is 6. The fraction of sp³-hybridized carbons (Fsp3) is 0.158. The van der Waals surface area contributed by atoms with Crippen molar-refractivity contribution in [2.24, 2.45) is 0 Å². The van der Waals surface area contributed by atoms with Gasteiger partial charge in [-0.05, 0) is 31.5 Å². The first kappa shape index (κ1) is 18.5. The van der Waals surface area contributed by atoms with Crippen molar-refractivity contribution in [2.75, 3.05) is 12.4 Å². The van der Waals surface area contributed by atoms with Gasteiger partial charge in [-0.3, -0.25) is 20.2 Å². The number of hydrogen-bond donors (Lipinski definition) is 1. The molecule has 0 saturated heterocycles. The monoisotopic (exact) mass is 383 g/mol. The van der Waals surface area contributed by atoms with E-state index >= 15 is 0 Å². The fourth-order valence-corrected chi connectivity index (χ4v) is 3.40. The molecule has 0 fully saturated rings. The molecule has 0 bridgehead atoms. The molecule has 27 heavy (non-hydrogen) atoms. The molecule has 3 rings (SSSR count). The van der Waals surface area contributed by atoms with Crippen LogP contribution in [0.1, 0.15) is 21.5 Å². The van der Waals surface area contributed by atoms with Gasteiger partial charge in [-0.25, -0.2) is 4.98 Å². The Morgan fingerprint density at radius 1 is 1.22 bits per heavy atom. The van der Waals surface area contributed by atoms with Gasteiger partial charge in [-0.15, -0.1) is 11.3 Å². The third-order valence-corrected chi connectivity index (χ3v) is 4.78. The maximum absolute atomic E-state index is 12.4. The summed E-state index contributed by atoms with van der Waals surface area (Å²) in [7, 11) is 1.34. The van der Waals surface area contributed by atoms with Crippen molar-refractivity contribution < 1.29 is 14.5 Å². The number of nitrogens with zero attached hydrogens (tertiary/aromatic N) is 2. The molecule has 3 aromatic rings. The maximum Gasteiger partial charge on any atom is 0.311 e. The van der Waals surface area contributed by atoms with Crippen LogP contribution in [-0.4, -0.2) is 22.9 Å². The topological polar surface area (TPSA) is 94.4 Å². The third kappa shape index (κ3) is 3.95. The van der Waals surface area contributed by atoms with Gasteiger partial charge in [0.25, 0.3) is 5.91 Å². The van der Waals surface area contributed by atoms with Crippen LogP contribution >= 0.6 is 11.3 Å². The predicted molar refractivity (Wildman–Crippen MR) is 105 cm³/mol. The van der Waals surface area contributed by atoms with Crippen LogP contribution in [-0.2, 0) is 0 Å². The van der Waals surface area contributed by atoms with Gasteiger partial charge in [0, 0.05) is 22.6 Å². The minimum atomic E-state index is -0.586. The number of amides is 1. The summed E-state index contributed by atoms with van der Waals surface area (Å²) >= 11 is 1.30. The lowest BCUT2D eigenvalue weighted by Crippen LogP contribution is -2.12. The van der Waals surface area contributed by atoms with Gasteiger partial charge >= 0.3 is 5.69 Å². The number of carbonyl (C=O) groups excluding carboxylic acids is 1. The van der Waals surface area contributed by atoms with Crippen LogP contribution < -0.4 is 10.1 Å². The quantitative estimate of drug-likeness (QED) is 0.513. The van der Waals surface area contributed by atoms with Crippen molar-refractivity contribution in [3.05, 3.63) is 68.6 Å². The van der Waals surface area contributed by atoms with E-state index in [-0.39, 0.29) is 17.0 Å². The Balaban J connectivity index is 1.82. The highest BCUT2D eigenvalue weighted by atomic mass is 32.1. The highest BCUT2D eigenvalue weighted by Gasteiger charge is 2.19. The van der Waals surface area contributed by atoms with Gasteiger partial charge in [0.05, 0.1) is 17.7 Å². The lowest BCUT2D eigenvalue weighted by molar-refractivity contribution is -0.385. The third-order valence-electron chi connectivity index (χ3n) is 4.02. The smallest absolute Gasteiger partial charge is 0.311 e. The molecule has 1 N–H and O–H groups in total. The minimum Gasteiger partial charge on any atom is -0.490 e. The normalized spacial score (nSPS) is 10.5. The molecule has 0 saturated carbocycles. The summed E-state index contributed by atoms with van der Waals surface area (Å²) in [5, 5.41) is 16.1. The summed E-state index contributed by atoms with van der Waals surface area (Å²) in [6.07, 6.45) is 0. The zero-order chi connectivity index (χ0) is 19.6. The molecule has 0 aliphatic carbocycles. The van der Waals surface area contributed by atoms with Crippen molar-refractivity contribution in [2.45, 2.75) is 13.8 Å². The summed E-state index contributed by atoms with van der Waals surface area (Å²) in [6, 6.07) is 10.1. The number of nitro benzene ring substituents is 1. The van der Waals surface area contributed by atoms with Crippen LogP contribution in [0.5, 0.6) is 5.75 Å². The first-order valence-corrected chi connectivity index (χ1v) is 8.94. The van der Waals surface area contributed by atoms with Gasteiger partial charge < -0.3 is 4.74 Å². The second kappa shape index (κ2) is 7.55. The fourth-order valence-electron chi connectivity index (χ4n) is 2.70.